The second-order valence-electron chi connectivity index (χ2n) is 8.87. The molecule has 23 heavy (non-hydrogen) atoms. The summed E-state index contributed by atoms with van der Waals surface area (Å²) in [6.07, 6.45) is 9.91. The first kappa shape index (κ1) is 18.7. The normalized spacial score (nSPS) is 31.0. The summed E-state index contributed by atoms with van der Waals surface area (Å²) in [5, 5.41) is 0.263. The summed E-state index contributed by atoms with van der Waals surface area (Å²) in [5.74, 6) is 1.20. The van der Waals surface area contributed by atoms with Crippen molar-refractivity contribution in [2.24, 2.45) is 17.3 Å². The van der Waals surface area contributed by atoms with Crippen molar-refractivity contribution in [1.82, 2.24) is 0 Å². The fourth-order valence-electron chi connectivity index (χ4n) is 3.78. The highest BCUT2D eigenvalue weighted by Crippen LogP contribution is 2.67. The molecule has 132 valence electrons. The number of allylic oxidation sites excluding steroid dienone is 1. The summed E-state index contributed by atoms with van der Waals surface area (Å²) in [6, 6.07) is 0. The molecular formula is C19H34O3Si. The number of hydrogen-bond acceptors (Lipinski definition) is 3. The molecule has 0 aromatic heterocycles. The van der Waals surface area contributed by atoms with Gasteiger partial charge in [-0.25, -0.2) is 0 Å². The van der Waals surface area contributed by atoms with Gasteiger partial charge in [0.25, 0.3) is 0 Å². The lowest BCUT2D eigenvalue weighted by atomic mass is 9.89. The van der Waals surface area contributed by atoms with Gasteiger partial charge in [0, 0.05) is 12.0 Å². The molecule has 2 aliphatic carbocycles. The molecule has 0 heterocycles. The van der Waals surface area contributed by atoms with E-state index in [9.17, 15) is 4.79 Å². The van der Waals surface area contributed by atoms with Gasteiger partial charge in [0.05, 0.1) is 13.5 Å². The van der Waals surface area contributed by atoms with Crippen LogP contribution >= 0.6 is 0 Å². The van der Waals surface area contributed by atoms with Crippen molar-refractivity contribution in [3.63, 3.8) is 0 Å². The van der Waals surface area contributed by atoms with Gasteiger partial charge in [-0.05, 0) is 42.8 Å². The van der Waals surface area contributed by atoms with Gasteiger partial charge in [0.1, 0.15) is 0 Å². The van der Waals surface area contributed by atoms with E-state index in [1.165, 1.54) is 32.8 Å². The van der Waals surface area contributed by atoms with Gasteiger partial charge in [-0.2, -0.15) is 0 Å². The van der Waals surface area contributed by atoms with Crippen LogP contribution in [0.1, 0.15) is 52.9 Å². The number of hydrogen-bond donors (Lipinski definition) is 0. The quantitative estimate of drug-likeness (QED) is 0.391. The molecule has 0 saturated heterocycles. The number of ether oxygens (including phenoxy) is 1. The SMILES string of the molecule is COC(=O)C/C=C/C1[C@@H]2CCCC[C@]12CO[Si](C)(C)C(C)(C)C. The van der Waals surface area contributed by atoms with Gasteiger partial charge in [-0.3, -0.25) is 4.79 Å². The van der Waals surface area contributed by atoms with Crippen LogP contribution in [0.15, 0.2) is 12.2 Å². The average molecular weight is 339 g/mol. The molecule has 3 nitrogen and oxygen atoms in total. The number of esters is 1. The molecule has 2 saturated carbocycles. The van der Waals surface area contributed by atoms with Crippen molar-refractivity contribution >= 4 is 14.3 Å². The molecule has 2 rings (SSSR count). The molecule has 3 atom stereocenters. The molecule has 0 bridgehead atoms. The first-order valence-corrected chi connectivity index (χ1v) is 11.9. The van der Waals surface area contributed by atoms with E-state index in [2.05, 4.69) is 39.9 Å². The lowest BCUT2D eigenvalue weighted by Crippen LogP contribution is -2.42. The maximum atomic E-state index is 11.3. The third kappa shape index (κ3) is 3.90. The first-order valence-electron chi connectivity index (χ1n) is 9.01. The van der Waals surface area contributed by atoms with E-state index < -0.39 is 8.32 Å². The van der Waals surface area contributed by atoms with Gasteiger partial charge in [0.15, 0.2) is 8.32 Å². The molecule has 1 unspecified atom stereocenters. The van der Waals surface area contributed by atoms with Crippen LogP contribution in [0.5, 0.6) is 0 Å². The van der Waals surface area contributed by atoms with Crippen molar-refractivity contribution in [3.05, 3.63) is 12.2 Å². The fraction of sp³-hybridized carbons (Fsp3) is 0.842. The van der Waals surface area contributed by atoms with E-state index in [0.29, 0.717) is 17.8 Å². The zero-order chi connectivity index (χ0) is 17.3. The van der Waals surface area contributed by atoms with E-state index >= 15 is 0 Å². The largest absolute Gasteiger partial charge is 0.469 e. The van der Waals surface area contributed by atoms with E-state index in [1.54, 1.807) is 0 Å². The highest BCUT2D eigenvalue weighted by Gasteiger charge is 2.63. The molecule has 0 N–H and O–H groups in total. The number of fused-ring (bicyclic) bond motifs is 1. The third-order valence-corrected chi connectivity index (χ3v) is 11.0. The van der Waals surface area contributed by atoms with Crippen LogP contribution in [0.25, 0.3) is 0 Å². The average Bonchev–Trinajstić information content (AvgIpc) is 3.12. The molecule has 4 heteroatoms. The molecule has 0 aromatic carbocycles. The van der Waals surface area contributed by atoms with Crippen LogP contribution in [0.4, 0.5) is 0 Å². The summed E-state index contributed by atoms with van der Waals surface area (Å²) in [6.45, 7) is 12.5. The van der Waals surface area contributed by atoms with Crippen LogP contribution in [-0.4, -0.2) is 28.0 Å². The maximum Gasteiger partial charge on any atom is 0.309 e. The Morgan fingerprint density at radius 3 is 2.61 bits per heavy atom. The Morgan fingerprint density at radius 2 is 2.00 bits per heavy atom. The van der Waals surface area contributed by atoms with Gasteiger partial charge in [-0.15, -0.1) is 0 Å². The maximum absolute atomic E-state index is 11.3. The molecular weight excluding hydrogens is 304 g/mol. The molecule has 0 aromatic rings. The van der Waals surface area contributed by atoms with Crippen molar-refractivity contribution in [1.29, 1.82) is 0 Å². The van der Waals surface area contributed by atoms with Crippen molar-refractivity contribution in [2.75, 3.05) is 13.7 Å². The Morgan fingerprint density at radius 1 is 1.30 bits per heavy atom. The van der Waals surface area contributed by atoms with E-state index in [1.807, 2.05) is 6.08 Å². The van der Waals surface area contributed by atoms with E-state index in [0.717, 1.165) is 12.5 Å². The predicted molar refractivity (Wildman–Crippen MR) is 96.8 cm³/mol. The number of methoxy groups -OCH3 is 1. The Kier molecular flexibility index (Phi) is 5.46. The smallest absolute Gasteiger partial charge is 0.309 e. The summed E-state index contributed by atoms with van der Waals surface area (Å²) in [4.78, 5) is 11.3. The second-order valence-corrected chi connectivity index (χ2v) is 13.7. The van der Waals surface area contributed by atoms with Crippen LogP contribution in [-0.2, 0) is 14.0 Å². The van der Waals surface area contributed by atoms with Crippen LogP contribution in [0, 0.1) is 17.3 Å². The number of carbonyl (C=O) groups excluding carboxylic acids is 1. The lowest BCUT2D eigenvalue weighted by molar-refractivity contribution is -0.139. The van der Waals surface area contributed by atoms with Crippen molar-refractivity contribution < 1.29 is 14.0 Å². The lowest BCUT2D eigenvalue weighted by Gasteiger charge is -2.38. The molecule has 0 radical (unpaired) electrons. The van der Waals surface area contributed by atoms with Crippen LogP contribution in [0.2, 0.25) is 18.1 Å². The van der Waals surface area contributed by atoms with Gasteiger partial charge >= 0.3 is 5.97 Å². The summed E-state index contributed by atoms with van der Waals surface area (Å²) in [7, 11) is -0.246. The minimum absolute atomic E-state index is 0.156. The molecule has 2 aliphatic rings. The third-order valence-electron chi connectivity index (χ3n) is 6.50. The minimum atomic E-state index is -1.69. The van der Waals surface area contributed by atoms with Crippen molar-refractivity contribution in [3.8, 4) is 0 Å². The first-order chi connectivity index (χ1) is 10.6. The molecule has 0 spiro atoms. The Balaban J connectivity index is 1.99. The summed E-state index contributed by atoms with van der Waals surface area (Å²) < 4.78 is 11.3. The summed E-state index contributed by atoms with van der Waals surface area (Å²) in [5.41, 5.74) is 0.348. The standard InChI is InChI=1S/C19H34O3Si/c1-18(2,3)23(5,6)22-14-19-13-8-7-10-15(19)16(19)11-9-12-17(20)21-4/h9,11,15-16H,7-8,10,12-14H2,1-6H3/b11-9+/t15-,16?,19+/m0/s1. The zero-order valence-electron chi connectivity index (χ0n) is 15.8. The van der Waals surface area contributed by atoms with Gasteiger partial charge < -0.3 is 9.16 Å². The molecule has 2 fully saturated rings. The van der Waals surface area contributed by atoms with Crippen LogP contribution < -0.4 is 0 Å². The predicted octanol–water partition coefficient (Wildman–Crippen LogP) is 4.93. The van der Waals surface area contributed by atoms with Gasteiger partial charge in [0.2, 0.25) is 0 Å². The molecule has 0 amide bonds. The highest BCUT2D eigenvalue weighted by molar-refractivity contribution is 6.74. The number of rotatable bonds is 6. The highest BCUT2D eigenvalue weighted by atomic mass is 28.4. The summed E-state index contributed by atoms with van der Waals surface area (Å²) >= 11 is 0. The Bertz CT molecular complexity index is 464. The fourth-order valence-corrected chi connectivity index (χ4v) is 4.84. The minimum Gasteiger partial charge on any atom is -0.469 e. The second kappa shape index (κ2) is 6.71. The van der Waals surface area contributed by atoms with E-state index in [4.69, 9.17) is 9.16 Å². The zero-order valence-corrected chi connectivity index (χ0v) is 16.8. The number of carbonyl (C=O) groups is 1. The monoisotopic (exact) mass is 338 g/mol. The van der Waals surface area contributed by atoms with Crippen molar-refractivity contribution in [2.45, 2.75) is 71.0 Å². The Hall–Kier alpha value is -0.613. The van der Waals surface area contributed by atoms with Crippen LogP contribution in [0.3, 0.4) is 0 Å². The van der Waals surface area contributed by atoms with Gasteiger partial charge in [-0.1, -0.05) is 45.8 Å². The topological polar surface area (TPSA) is 35.5 Å². The Labute approximate surface area is 142 Å². The molecule has 0 aliphatic heterocycles. The van der Waals surface area contributed by atoms with E-state index in [-0.39, 0.29) is 11.0 Å².